The Morgan fingerprint density at radius 3 is 2.37 bits per heavy atom. The summed E-state index contributed by atoms with van der Waals surface area (Å²) in [4.78, 5) is 0. The Hall–Kier alpha value is -0.290. The van der Waals surface area contributed by atoms with Crippen molar-refractivity contribution in [1.29, 1.82) is 0 Å². The van der Waals surface area contributed by atoms with Crippen LogP contribution in [0.2, 0.25) is 0 Å². The Bertz CT molecular complexity index is 279. The molecule has 5 heteroatoms. The molecule has 2 nitrogen and oxygen atoms in total. The summed E-state index contributed by atoms with van der Waals surface area (Å²) in [6, 6.07) is 0. The minimum atomic E-state index is -4.04. The van der Waals surface area contributed by atoms with E-state index in [1.165, 1.54) is 0 Å². The van der Waals surface area contributed by atoms with Crippen LogP contribution in [0.15, 0.2) is 0 Å². The predicted molar refractivity (Wildman–Crippen MR) is 67.8 cm³/mol. The monoisotopic (exact) mass is 279 g/mol. The molecular weight excluding hydrogens is 255 g/mol. The average Bonchev–Trinajstić information content (AvgIpc) is 2.81. The Morgan fingerprint density at radius 1 is 1.16 bits per heavy atom. The summed E-state index contributed by atoms with van der Waals surface area (Å²) in [5, 5.41) is 0. The first-order chi connectivity index (χ1) is 8.89. The van der Waals surface area contributed by atoms with Crippen LogP contribution in [0.1, 0.15) is 57.8 Å². The van der Waals surface area contributed by atoms with Crippen LogP contribution >= 0.6 is 0 Å². The van der Waals surface area contributed by atoms with Gasteiger partial charge in [0, 0.05) is 12.1 Å². The zero-order chi connectivity index (χ0) is 13.9. The van der Waals surface area contributed by atoms with Gasteiger partial charge in [-0.2, -0.15) is 13.2 Å². The maximum Gasteiger partial charge on any atom is 0.391 e. The van der Waals surface area contributed by atoms with Gasteiger partial charge in [-0.05, 0) is 57.8 Å². The molecule has 0 amide bonds. The van der Waals surface area contributed by atoms with Crippen molar-refractivity contribution in [2.24, 2.45) is 11.7 Å². The van der Waals surface area contributed by atoms with Crippen LogP contribution in [0.3, 0.4) is 0 Å². The molecule has 112 valence electrons. The highest BCUT2D eigenvalue weighted by Gasteiger charge is 2.44. The summed E-state index contributed by atoms with van der Waals surface area (Å²) < 4.78 is 43.3. The van der Waals surface area contributed by atoms with Gasteiger partial charge < -0.3 is 10.5 Å². The van der Waals surface area contributed by atoms with Crippen molar-refractivity contribution >= 4 is 0 Å². The van der Waals surface area contributed by atoms with E-state index in [4.69, 9.17) is 10.5 Å². The summed E-state index contributed by atoms with van der Waals surface area (Å²) in [6.07, 6.45) is 2.76. The summed E-state index contributed by atoms with van der Waals surface area (Å²) in [6.45, 7) is 0.853. The van der Waals surface area contributed by atoms with Crippen molar-refractivity contribution in [3.8, 4) is 0 Å². The third-order valence-corrected chi connectivity index (χ3v) is 4.67. The molecule has 1 aliphatic heterocycles. The van der Waals surface area contributed by atoms with Crippen molar-refractivity contribution in [1.82, 2.24) is 0 Å². The average molecular weight is 279 g/mol. The molecule has 0 spiro atoms. The molecule has 1 heterocycles. The van der Waals surface area contributed by atoms with E-state index in [9.17, 15) is 13.2 Å². The number of halogens is 3. The highest BCUT2D eigenvalue weighted by atomic mass is 19.4. The first-order valence-corrected chi connectivity index (χ1v) is 7.36. The molecule has 0 aromatic rings. The largest absolute Gasteiger partial charge is 0.391 e. The minimum absolute atomic E-state index is 0.194. The lowest BCUT2D eigenvalue weighted by Crippen LogP contribution is -2.45. The standard InChI is InChI=1S/C14H24F3NO/c15-14(16,17)11-5-8-13(18,9-6-11)7-1-3-12-4-2-10-19-12/h11-12H,1-10,18H2. The third kappa shape index (κ3) is 4.35. The fraction of sp³-hybridized carbons (Fsp3) is 1.00. The van der Waals surface area contributed by atoms with E-state index < -0.39 is 12.1 Å². The Balaban J connectivity index is 1.69. The van der Waals surface area contributed by atoms with Gasteiger partial charge in [-0.25, -0.2) is 0 Å². The summed E-state index contributed by atoms with van der Waals surface area (Å²) >= 11 is 0. The molecule has 19 heavy (non-hydrogen) atoms. The molecule has 2 rings (SSSR count). The van der Waals surface area contributed by atoms with Crippen molar-refractivity contribution < 1.29 is 17.9 Å². The fourth-order valence-electron chi connectivity index (χ4n) is 3.32. The van der Waals surface area contributed by atoms with Crippen molar-refractivity contribution in [2.45, 2.75) is 75.6 Å². The van der Waals surface area contributed by atoms with Gasteiger partial charge >= 0.3 is 6.18 Å². The number of rotatable bonds is 4. The molecule has 2 N–H and O–H groups in total. The van der Waals surface area contributed by atoms with E-state index in [1.54, 1.807) is 0 Å². The van der Waals surface area contributed by atoms with E-state index >= 15 is 0 Å². The van der Waals surface area contributed by atoms with Crippen LogP contribution in [0.4, 0.5) is 13.2 Å². The van der Waals surface area contributed by atoms with Gasteiger partial charge in [0.1, 0.15) is 0 Å². The minimum Gasteiger partial charge on any atom is -0.378 e. The number of hydrogen-bond acceptors (Lipinski definition) is 2. The van der Waals surface area contributed by atoms with Crippen LogP contribution in [0.5, 0.6) is 0 Å². The lowest BCUT2D eigenvalue weighted by atomic mass is 9.74. The van der Waals surface area contributed by atoms with Gasteiger partial charge in [0.05, 0.1) is 12.0 Å². The van der Waals surface area contributed by atoms with E-state index in [2.05, 4.69) is 0 Å². The van der Waals surface area contributed by atoms with E-state index in [0.717, 1.165) is 38.7 Å². The van der Waals surface area contributed by atoms with Crippen LogP contribution in [-0.4, -0.2) is 24.4 Å². The normalized spacial score (nSPS) is 36.6. The fourth-order valence-corrected chi connectivity index (χ4v) is 3.32. The molecule has 1 atom stereocenters. The second-order valence-electron chi connectivity index (χ2n) is 6.21. The molecule has 0 bridgehead atoms. The zero-order valence-corrected chi connectivity index (χ0v) is 11.3. The first-order valence-electron chi connectivity index (χ1n) is 7.36. The smallest absolute Gasteiger partial charge is 0.378 e. The molecule has 1 saturated heterocycles. The Kier molecular flexibility index (Phi) is 4.77. The lowest BCUT2D eigenvalue weighted by Gasteiger charge is -2.38. The van der Waals surface area contributed by atoms with Gasteiger partial charge in [-0.1, -0.05) is 0 Å². The van der Waals surface area contributed by atoms with Gasteiger partial charge in [-0.3, -0.25) is 0 Å². The van der Waals surface area contributed by atoms with E-state index in [1.807, 2.05) is 0 Å². The van der Waals surface area contributed by atoms with Crippen LogP contribution in [-0.2, 0) is 4.74 Å². The van der Waals surface area contributed by atoms with Gasteiger partial charge in [0.15, 0.2) is 0 Å². The quantitative estimate of drug-likeness (QED) is 0.850. The van der Waals surface area contributed by atoms with E-state index in [-0.39, 0.29) is 18.4 Å². The third-order valence-electron chi connectivity index (χ3n) is 4.67. The van der Waals surface area contributed by atoms with Gasteiger partial charge in [0.25, 0.3) is 0 Å². The number of nitrogens with two attached hydrogens (primary N) is 1. The van der Waals surface area contributed by atoms with E-state index in [0.29, 0.717) is 18.9 Å². The maximum absolute atomic E-state index is 12.6. The number of ether oxygens (including phenoxy) is 1. The highest BCUT2D eigenvalue weighted by Crippen LogP contribution is 2.41. The molecule has 1 saturated carbocycles. The summed E-state index contributed by atoms with van der Waals surface area (Å²) in [5.41, 5.74) is 5.87. The molecule has 2 aliphatic rings. The molecule has 0 aromatic carbocycles. The summed E-state index contributed by atoms with van der Waals surface area (Å²) in [5.74, 6) is -1.14. The molecule has 0 radical (unpaired) electrons. The molecule has 1 aliphatic carbocycles. The van der Waals surface area contributed by atoms with Crippen LogP contribution < -0.4 is 5.73 Å². The Morgan fingerprint density at radius 2 is 1.84 bits per heavy atom. The lowest BCUT2D eigenvalue weighted by molar-refractivity contribution is -0.184. The Labute approximate surface area is 112 Å². The highest BCUT2D eigenvalue weighted by molar-refractivity contribution is 4.91. The topological polar surface area (TPSA) is 35.2 Å². The van der Waals surface area contributed by atoms with Crippen LogP contribution in [0, 0.1) is 5.92 Å². The zero-order valence-electron chi connectivity index (χ0n) is 11.3. The van der Waals surface area contributed by atoms with Crippen molar-refractivity contribution in [3.05, 3.63) is 0 Å². The first kappa shape index (κ1) is 15.1. The number of alkyl halides is 3. The second kappa shape index (κ2) is 6.00. The second-order valence-corrected chi connectivity index (χ2v) is 6.21. The number of hydrogen-bond donors (Lipinski definition) is 1. The molecular formula is C14H24F3NO. The summed E-state index contributed by atoms with van der Waals surface area (Å²) in [7, 11) is 0. The van der Waals surface area contributed by atoms with Gasteiger partial charge in [0.2, 0.25) is 0 Å². The molecule has 0 aromatic heterocycles. The SMILES string of the molecule is NC1(CCCC2CCCO2)CCC(C(F)(F)F)CC1. The van der Waals surface area contributed by atoms with Crippen molar-refractivity contribution in [2.75, 3.05) is 6.61 Å². The van der Waals surface area contributed by atoms with Crippen molar-refractivity contribution in [3.63, 3.8) is 0 Å². The predicted octanol–water partition coefficient (Wildman–Crippen LogP) is 3.79. The molecule has 2 fully saturated rings. The van der Waals surface area contributed by atoms with Gasteiger partial charge in [-0.15, -0.1) is 0 Å². The van der Waals surface area contributed by atoms with Crippen LogP contribution in [0.25, 0.3) is 0 Å². The molecule has 1 unspecified atom stereocenters. The maximum atomic E-state index is 12.6.